The van der Waals surface area contributed by atoms with Gasteiger partial charge >= 0.3 is 5.69 Å². The minimum Gasteiger partial charge on any atom is -0.284 e. The first-order chi connectivity index (χ1) is 9.34. The highest BCUT2D eigenvalue weighted by Gasteiger charge is 2.19. The van der Waals surface area contributed by atoms with Crippen LogP contribution in [-0.4, -0.2) is 32.3 Å². The van der Waals surface area contributed by atoms with Gasteiger partial charge < -0.3 is 0 Å². The highest BCUT2D eigenvalue weighted by atomic mass is 16.2. The third kappa shape index (κ3) is 2.91. The first-order valence-corrected chi connectivity index (χ1v) is 7.71. The van der Waals surface area contributed by atoms with Crippen molar-refractivity contribution in [3.05, 3.63) is 16.8 Å². The lowest BCUT2D eigenvalue weighted by molar-refractivity contribution is 0.169. The third-order valence-corrected chi connectivity index (χ3v) is 4.51. The zero-order chi connectivity index (χ0) is 13.1. The lowest BCUT2D eigenvalue weighted by Gasteiger charge is -2.25. The molecular weight excluding hydrogens is 240 g/mol. The van der Waals surface area contributed by atoms with Gasteiger partial charge in [-0.2, -0.15) is 9.78 Å². The predicted octanol–water partition coefficient (Wildman–Crippen LogP) is 1.99. The second-order valence-corrected chi connectivity index (χ2v) is 5.93. The number of aromatic nitrogens is 3. The van der Waals surface area contributed by atoms with Crippen LogP contribution < -0.4 is 5.69 Å². The van der Waals surface area contributed by atoms with Gasteiger partial charge in [0.2, 0.25) is 0 Å². The summed E-state index contributed by atoms with van der Waals surface area (Å²) in [5.41, 5.74) is 0.0810. The van der Waals surface area contributed by atoms with E-state index in [2.05, 4.69) is 10.00 Å². The van der Waals surface area contributed by atoms with E-state index in [9.17, 15) is 4.79 Å². The van der Waals surface area contributed by atoms with Crippen LogP contribution in [0.5, 0.6) is 0 Å². The monoisotopic (exact) mass is 264 g/mol. The minimum atomic E-state index is 0.0810. The fraction of sp³-hybridized carbons (Fsp3) is 0.857. The summed E-state index contributed by atoms with van der Waals surface area (Å²) >= 11 is 0. The lowest BCUT2D eigenvalue weighted by Crippen LogP contribution is -2.37. The Hall–Kier alpha value is -1.10. The van der Waals surface area contributed by atoms with Gasteiger partial charge in [-0.1, -0.05) is 25.7 Å². The van der Waals surface area contributed by atoms with Crippen molar-refractivity contribution in [3.63, 3.8) is 0 Å². The molecule has 0 amide bonds. The zero-order valence-corrected chi connectivity index (χ0v) is 11.6. The molecule has 1 saturated carbocycles. The topological polar surface area (TPSA) is 43.1 Å². The molecular formula is C14H24N4O. The molecule has 3 rings (SSSR count). The fourth-order valence-electron chi connectivity index (χ4n) is 3.35. The van der Waals surface area contributed by atoms with Gasteiger partial charge in [0.15, 0.2) is 0 Å². The van der Waals surface area contributed by atoms with E-state index in [1.807, 2.05) is 4.57 Å². The molecule has 106 valence electrons. The summed E-state index contributed by atoms with van der Waals surface area (Å²) in [4.78, 5) is 14.7. The number of rotatable bonds is 3. The van der Waals surface area contributed by atoms with Crippen LogP contribution in [0.15, 0.2) is 11.1 Å². The summed E-state index contributed by atoms with van der Waals surface area (Å²) in [6.07, 6.45) is 11.6. The van der Waals surface area contributed by atoms with E-state index in [1.165, 1.54) is 38.5 Å². The van der Waals surface area contributed by atoms with Gasteiger partial charge in [0.1, 0.15) is 6.33 Å². The number of likely N-dealkylation sites (tertiary alicyclic amines) is 1. The maximum absolute atomic E-state index is 12.4. The molecule has 0 bridgehead atoms. The van der Waals surface area contributed by atoms with E-state index in [1.54, 1.807) is 11.0 Å². The summed E-state index contributed by atoms with van der Waals surface area (Å²) in [5.74, 6) is 0. The zero-order valence-electron chi connectivity index (χ0n) is 11.6. The molecule has 0 atom stereocenters. The molecule has 5 heteroatoms. The number of piperidine rings is 1. The van der Waals surface area contributed by atoms with E-state index in [4.69, 9.17) is 0 Å². The second-order valence-electron chi connectivity index (χ2n) is 5.93. The van der Waals surface area contributed by atoms with Crippen molar-refractivity contribution in [1.82, 2.24) is 19.2 Å². The Morgan fingerprint density at radius 2 is 1.74 bits per heavy atom. The van der Waals surface area contributed by atoms with Gasteiger partial charge in [-0.15, -0.1) is 0 Å². The van der Waals surface area contributed by atoms with Gasteiger partial charge in [-0.05, 0) is 38.8 Å². The van der Waals surface area contributed by atoms with Crippen LogP contribution in [0.25, 0.3) is 0 Å². The largest absolute Gasteiger partial charge is 0.347 e. The Balaban J connectivity index is 1.69. The van der Waals surface area contributed by atoms with Crippen LogP contribution in [0.1, 0.15) is 57.4 Å². The SMILES string of the molecule is O=c1n(C2CCCCC2)cnn1CN1CCCCC1. The number of hydrogen-bond donors (Lipinski definition) is 0. The summed E-state index contributed by atoms with van der Waals surface area (Å²) in [6, 6.07) is 0.386. The van der Waals surface area contributed by atoms with Crippen molar-refractivity contribution in [2.45, 2.75) is 64.1 Å². The highest BCUT2D eigenvalue weighted by molar-refractivity contribution is 4.79. The fourth-order valence-corrected chi connectivity index (χ4v) is 3.35. The van der Waals surface area contributed by atoms with Crippen molar-refractivity contribution < 1.29 is 0 Å². The van der Waals surface area contributed by atoms with Gasteiger partial charge in [-0.25, -0.2) is 4.79 Å². The van der Waals surface area contributed by atoms with E-state index >= 15 is 0 Å². The van der Waals surface area contributed by atoms with Crippen molar-refractivity contribution in [2.24, 2.45) is 0 Å². The van der Waals surface area contributed by atoms with Crippen molar-refractivity contribution in [1.29, 1.82) is 0 Å². The van der Waals surface area contributed by atoms with Crippen LogP contribution >= 0.6 is 0 Å². The number of hydrogen-bond acceptors (Lipinski definition) is 3. The molecule has 2 heterocycles. The molecule has 5 nitrogen and oxygen atoms in total. The molecule has 0 N–H and O–H groups in total. The molecule has 2 aliphatic rings. The Morgan fingerprint density at radius 3 is 2.47 bits per heavy atom. The maximum atomic E-state index is 12.4. The Labute approximate surface area is 114 Å². The summed E-state index contributed by atoms with van der Waals surface area (Å²) in [5, 5.41) is 4.31. The standard InChI is InChI=1S/C14H24N4O/c19-14-17(13-7-3-1-4-8-13)11-15-18(14)12-16-9-5-2-6-10-16/h11,13H,1-10,12H2. The highest BCUT2D eigenvalue weighted by Crippen LogP contribution is 2.26. The van der Waals surface area contributed by atoms with Gasteiger partial charge in [0.25, 0.3) is 0 Å². The third-order valence-electron chi connectivity index (χ3n) is 4.51. The van der Waals surface area contributed by atoms with Gasteiger partial charge in [0, 0.05) is 6.04 Å². The first-order valence-electron chi connectivity index (χ1n) is 7.71. The van der Waals surface area contributed by atoms with Crippen molar-refractivity contribution >= 4 is 0 Å². The molecule has 2 fully saturated rings. The van der Waals surface area contributed by atoms with Crippen LogP contribution in [-0.2, 0) is 6.67 Å². The molecule has 0 aromatic carbocycles. The first kappa shape index (κ1) is 12.9. The van der Waals surface area contributed by atoms with E-state index in [0.717, 1.165) is 25.9 Å². The number of nitrogens with zero attached hydrogens (tertiary/aromatic N) is 4. The summed E-state index contributed by atoms with van der Waals surface area (Å²) in [7, 11) is 0. The lowest BCUT2D eigenvalue weighted by atomic mass is 9.95. The van der Waals surface area contributed by atoms with Gasteiger partial charge in [0.05, 0.1) is 6.67 Å². The molecule has 1 aromatic rings. The van der Waals surface area contributed by atoms with Crippen LogP contribution in [0.4, 0.5) is 0 Å². The van der Waals surface area contributed by atoms with E-state index < -0.39 is 0 Å². The Morgan fingerprint density at radius 1 is 1.05 bits per heavy atom. The average Bonchev–Trinajstić information content (AvgIpc) is 2.82. The summed E-state index contributed by atoms with van der Waals surface area (Å²) in [6.45, 7) is 2.87. The quantitative estimate of drug-likeness (QED) is 0.838. The molecule has 0 unspecified atom stereocenters. The van der Waals surface area contributed by atoms with Crippen LogP contribution in [0.2, 0.25) is 0 Å². The average molecular weight is 264 g/mol. The second kappa shape index (κ2) is 5.90. The predicted molar refractivity (Wildman–Crippen MR) is 74.0 cm³/mol. The molecule has 1 aromatic heterocycles. The molecule has 1 aliphatic heterocycles. The molecule has 1 aliphatic carbocycles. The summed E-state index contributed by atoms with van der Waals surface area (Å²) < 4.78 is 3.50. The minimum absolute atomic E-state index is 0.0810. The van der Waals surface area contributed by atoms with Crippen LogP contribution in [0, 0.1) is 0 Å². The normalized spacial score (nSPS) is 22.7. The van der Waals surface area contributed by atoms with Crippen LogP contribution in [0.3, 0.4) is 0 Å². The molecule has 19 heavy (non-hydrogen) atoms. The Bertz CT molecular complexity index is 452. The van der Waals surface area contributed by atoms with Crippen molar-refractivity contribution in [3.8, 4) is 0 Å². The van der Waals surface area contributed by atoms with Crippen molar-refractivity contribution in [2.75, 3.05) is 13.1 Å². The smallest absolute Gasteiger partial charge is 0.284 e. The van der Waals surface area contributed by atoms with E-state index in [-0.39, 0.29) is 5.69 Å². The molecule has 1 saturated heterocycles. The maximum Gasteiger partial charge on any atom is 0.347 e. The van der Waals surface area contributed by atoms with E-state index in [0.29, 0.717) is 12.7 Å². The molecule has 0 radical (unpaired) electrons. The van der Waals surface area contributed by atoms with Gasteiger partial charge in [-0.3, -0.25) is 9.47 Å². The Kier molecular flexibility index (Phi) is 4.01. The molecule has 0 spiro atoms.